The van der Waals surface area contributed by atoms with Gasteiger partial charge in [-0.15, -0.1) is 0 Å². The lowest BCUT2D eigenvalue weighted by Gasteiger charge is -2.38. The zero-order chi connectivity index (χ0) is 23.7. The first kappa shape index (κ1) is 26.8. The van der Waals surface area contributed by atoms with Crippen LogP contribution in [0, 0.1) is 0 Å². The standard InChI is InChI=1S/C25H33Br2NO4/c1-25(2,3)32-24(31)28(22(16-29)14-8-18-4-10-20(26)11-5-18)23(17-30)15-9-19-6-12-21(27)13-7-19/h4-7,10-13,22-23,29-30H,8-9,14-17H2,1-3H3/t22-,23-/m0/s1. The molecule has 32 heavy (non-hydrogen) atoms. The van der Waals surface area contributed by atoms with Crippen molar-refractivity contribution < 1.29 is 19.7 Å². The summed E-state index contributed by atoms with van der Waals surface area (Å²) in [5, 5.41) is 20.4. The van der Waals surface area contributed by atoms with E-state index in [4.69, 9.17) is 4.74 Å². The van der Waals surface area contributed by atoms with Crippen LogP contribution in [0.15, 0.2) is 57.5 Å². The number of carbonyl (C=O) groups is 1. The molecule has 0 aliphatic rings. The first-order valence-corrected chi connectivity index (χ1v) is 12.4. The number of aryl methyl sites for hydroxylation is 2. The summed E-state index contributed by atoms with van der Waals surface area (Å²) in [7, 11) is 0. The van der Waals surface area contributed by atoms with Gasteiger partial charge in [0.1, 0.15) is 5.60 Å². The van der Waals surface area contributed by atoms with Gasteiger partial charge >= 0.3 is 6.09 Å². The van der Waals surface area contributed by atoms with E-state index in [1.54, 1.807) is 4.90 Å². The average molecular weight is 571 g/mol. The maximum Gasteiger partial charge on any atom is 0.410 e. The molecule has 0 saturated carbocycles. The molecular weight excluding hydrogens is 538 g/mol. The highest BCUT2D eigenvalue weighted by Gasteiger charge is 2.33. The second-order valence-corrected chi connectivity index (χ2v) is 10.7. The number of nitrogens with zero attached hydrogens (tertiary/aromatic N) is 1. The van der Waals surface area contributed by atoms with Crippen LogP contribution in [0.3, 0.4) is 0 Å². The van der Waals surface area contributed by atoms with Crippen molar-refractivity contribution in [2.24, 2.45) is 0 Å². The number of rotatable bonds is 10. The molecule has 0 unspecified atom stereocenters. The molecule has 0 aliphatic carbocycles. The second kappa shape index (κ2) is 12.7. The van der Waals surface area contributed by atoms with Gasteiger partial charge in [0.15, 0.2) is 0 Å². The fraction of sp³-hybridized carbons (Fsp3) is 0.480. The molecule has 0 heterocycles. The van der Waals surface area contributed by atoms with E-state index in [1.807, 2.05) is 69.3 Å². The molecule has 2 N–H and O–H groups in total. The second-order valence-electron chi connectivity index (χ2n) is 8.89. The van der Waals surface area contributed by atoms with Crippen LogP contribution in [0.1, 0.15) is 44.7 Å². The predicted molar refractivity (Wildman–Crippen MR) is 135 cm³/mol. The average Bonchev–Trinajstić information content (AvgIpc) is 2.74. The quantitative estimate of drug-likeness (QED) is 0.382. The highest BCUT2D eigenvalue weighted by Crippen LogP contribution is 2.22. The van der Waals surface area contributed by atoms with Crippen LogP contribution in [-0.2, 0) is 17.6 Å². The van der Waals surface area contributed by atoms with E-state index >= 15 is 0 Å². The lowest BCUT2D eigenvalue weighted by molar-refractivity contribution is -0.0140. The molecule has 2 rings (SSSR count). The zero-order valence-corrected chi connectivity index (χ0v) is 22.1. The Morgan fingerprint density at radius 3 is 1.53 bits per heavy atom. The molecule has 0 radical (unpaired) electrons. The Bertz CT molecular complexity index is 777. The Morgan fingerprint density at radius 1 is 0.844 bits per heavy atom. The molecule has 1 amide bonds. The Morgan fingerprint density at radius 2 is 1.22 bits per heavy atom. The summed E-state index contributed by atoms with van der Waals surface area (Å²) < 4.78 is 7.66. The fourth-order valence-corrected chi connectivity index (χ4v) is 4.04. The molecule has 7 heteroatoms. The molecule has 0 aromatic heterocycles. The van der Waals surface area contributed by atoms with E-state index in [9.17, 15) is 15.0 Å². The van der Waals surface area contributed by atoms with E-state index in [2.05, 4.69) is 31.9 Å². The number of hydrogen-bond acceptors (Lipinski definition) is 4. The Labute approximate surface area is 208 Å². The maximum absolute atomic E-state index is 13.1. The minimum absolute atomic E-state index is 0.204. The number of ether oxygens (including phenoxy) is 1. The minimum Gasteiger partial charge on any atom is -0.444 e. The lowest BCUT2D eigenvalue weighted by atomic mass is 10.00. The molecule has 0 spiro atoms. The highest BCUT2D eigenvalue weighted by molar-refractivity contribution is 9.10. The number of hydrogen-bond donors (Lipinski definition) is 2. The Hall–Kier alpha value is -1.41. The van der Waals surface area contributed by atoms with Crippen molar-refractivity contribution in [2.45, 2.75) is 64.1 Å². The van der Waals surface area contributed by atoms with Crippen molar-refractivity contribution in [2.75, 3.05) is 13.2 Å². The van der Waals surface area contributed by atoms with E-state index in [0.717, 1.165) is 20.1 Å². The van der Waals surface area contributed by atoms with Crippen molar-refractivity contribution in [3.05, 3.63) is 68.6 Å². The van der Waals surface area contributed by atoms with Gasteiger partial charge in [-0.25, -0.2) is 4.79 Å². The number of carbonyl (C=O) groups excluding carboxylic acids is 1. The molecule has 0 fully saturated rings. The Balaban J connectivity index is 2.19. The van der Waals surface area contributed by atoms with Gasteiger partial charge in [-0.05, 0) is 81.8 Å². The molecule has 2 aromatic carbocycles. The number of amides is 1. The van der Waals surface area contributed by atoms with Gasteiger partial charge in [0.25, 0.3) is 0 Å². The first-order chi connectivity index (χ1) is 15.1. The van der Waals surface area contributed by atoms with Gasteiger partial charge in [0.05, 0.1) is 25.3 Å². The largest absolute Gasteiger partial charge is 0.444 e. The molecule has 176 valence electrons. The van der Waals surface area contributed by atoms with Gasteiger partial charge < -0.3 is 14.9 Å². The third-order valence-corrected chi connectivity index (χ3v) is 6.23. The van der Waals surface area contributed by atoms with Crippen LogP contribution in [0.4, 0.5) is 4.79 Å². The van der Waals surface area contributed by atoms with Crippen LogP contribution in [0.5, 0.6) is 0 Å². The van der Waals surface area contributed by atoms with E-state index < -0.39 is 23.8 Å². The predicted octanol–water partition coefficient (Wildman–Crippen LogP) is 5.74. The summed E-state index contributed by atoms with van der Waals surface area (Å²) >= 11 is 6.88. The number of benzene rings is 2. The van der Waals surface area contributed by atoms with Gasteiger partial charge in [-0.2, -0.15) is 0 Å². The molecule has 2 atom stereocenters. The molecular formula is C25H33Br2NO4. The number of aliphatic hydroxyl groups excluding tert-OH is 2. The van der Waals surface area contributed by atoms with Crippen LogP contribution in [0.25, 0.3) is 0 Å². The van der Waals surface area contributed by atoms with Crippen molar-refractivity contribution in [3.63, 3.8) is 0 Å². The van der Waals surface area contributed by atoms with Crippen molar-refractivity contribution in [1.29, 1.82) is 0 Å². The highest BCUT2D eigenvalue weighted by atomic mass is 79.9. The summed E-state index contributed by atoms with van der Waals surface area (Å²) in [6.07, 6.45) is 2.01. The summed E-state index contributed by atoms with van der Waals surface area (Å²) in [6, 6.07) is 15.1. The molecule has 0 saturated heterocycles. The van der Waals surface area contributed by atoms with E-state index in [-0.39, 0.29) is 13.2 Å². The summed E-state index contributed by atoms with van der Waals surface area (Å²) in [5.74, 6) is 0. The third-order valence-electron chi connectivity index (χ3n) is 5.17. The number of aliphatic hydroxyl groups is 2. The van der Waals surface area contributed by atoms with Gasteiger partial charge in [-0.3, -0.25) is 4.90 Å². The minimum atomic E-state index is -0.674. The van der Waals surface area contributed by atoms with Crippen molar-refractivity contribution >= 4 is 38.0 Å². The van der Waals surface area contributed by atoms with E-state index in [1.165, 1.54) is 0 Å². The van der Waals surface area contributed by atoms with Gasteiger partial charge in [0, 0.05) is 8.95 Å². The number of halogens is 2. The van der Waals surface area contributed by atoms with Crippen LogP contribution in [0.2, 0.25) is 0 Å². The smallest absolute Gasteiger partial charge is 0.410 e. The van der Waals surface area contributed by atoms with Gasteiger partial charge in [0.2, 0.25) is 0 Å². The van der Waals surface area contributed by atoms with Crippen LogP contribution < -0.4 is 0 Å². The first-order valence-electron chi connectivity index (χ1n) is 10.8. The zero-order valence-electron chi connectivity index (χ0n) is 18.9. The molecule has 0 bridgehead atoms. The summed E-state index contributed by atoms with van der Waals surface area (Å²) in [5.41, 5.74) is 1.56. The third kappa shape index (κ3) is 8.85. The Kier molecular flexibility index (Phi) is 10.7. The lowest BCUT2D eigenvalue weighted by Crippen LogP contribution is -2.52. The van der Waals surface area contributed by atoms with Crippen LogP contribution >= 0.6 is 31.9 Å². The maximum atomic E-state index is 13.1. The summed E-state index contributed by atoms with van der Waals surface area (Å²) in [4.78, 5) is 14.7. The normalized spacial score (nSPS) is 13.5. The fourth-order valence-electron chi connectivity index (χ4n) is 3.52. The van der Waals surface area contributed by atoms with Crippen molar-refractivity contribution in [1.82, 2.24) is 4.90 Å². The molecule has 5 nitrogen and oxygen atoms in total. The van der Waals surface area contributed by atoms with Gasteiger partial charge in [-0.1, -0.05) is 56.1 Å². The monoisotopic (exact) mass is 569 g/mol. The van der Waals surface area contributed by atoms with Crippen LogP contribution in [-0.4, -0.2) is 52.1 Å². The molecule has 0 aliphatic heterocycles. The van der Waals surface area contributed by atoms with Crippen molar-refractivity contribution in [3.8, 4) is 0 Å². The topological polar surface area (TPSA) is 70.0 Å². The SMILES string of the molecule is CC(C)(C)OC(=O)N([C@H](CO)CCc1ccc(Br)cc1)[C@H](CO)CCc1ccc(Br)cc1. The molecule has 2 aromatic rings. The van der Waals surface area contributed by atoms with E-state index in [0.29, 0.717) is 25.7 Å². The summed E-state index contributed by atoms with van der Waals surface area (Å²) in [6.45, 7) is 5.03.